The lowest BCUT2D eigenvalue weighted by atomic mass is 10.1. The maximum absolute atomic E-state index is 11.1. The molecule has 0 atom stereocenters. The summed E-state index contributed by atoms with van der Waals surface area (Å²) in [4.78, 5) is 11.1. The zero-order valence-electron chi connectivity index (χ0n) is 7.23. The normalized spacial score (nSPS) is 10.6. The fourth-order valence-electron chi connectivity index (χ4n) is 1.35. The van der Waals surface area contributed by atoms with Gasteiger partial charge in [-0.05, 0) is 17.7 Å². The van der Waals surface area contributed by atoms with Crippen LogP contribution in [0.2, 0.25) is 0 Å². The summed E-state index contributed by atoms with van der Waals surface area (Å²) in [6, 6.07) is 6.09. The van der Waals surface area contributed by atoms with Gasteiger partial charge >= 0.3 is 5.63 Å². The summed E-state index contributed by atoms with van der Waals surface area (Å²) in [5, 5.41) is 10.0. The van der Waals surface area contributed by atoms with E-state index < -0.39 is 5.63 Å². The Balaban J connectivity index is 2.87. The molecule has 0 aliphatic rings. The predicted octanol–water partition coefficient (Wildman–Crippen LogP) is 1.93. The second-order valence-corrected chi connectivity index (χ2v) is 3.25. The fraction of sp³-hybridized carbons (Fsp3) is 0.100. The Labute approximate surface area is 85.4 Å². The average Bonchev–Trinajstić information content (AvgIpc) is 2.15. The zero-order valence-corrected chi connectivity index (χ0v) is 8.12. The first-order valence-corrected chi connectivity index (χ1v) is 4.70. The molecule has 2 aromatic rings. The number of fused-ring (bicyclic) bond motifs is 1. The van der Waals surface area contributed by atoms with Crippen LogP contribution in [0.25, 0.3) is 11.0 Å². The van der Waals surface area contributed by atoms with Crippen molar-refractivity contribution in [2.45, 2.75) is 5.75 Å². The molecule has 1 aromatic carbocycles. The van der Waals surface area contributed by atoms with Crippen molar-refractivity contribution in [1.82, 2.24) is 0 Å². The predicted molar refractivity (Wildman–Crippen MR) is 56.8 cm³/mol. The van der Waals surface area contributed by atoms with Crippen molar-refractivity contribution in [3.8, 4) is 5.75 Å². The molecular formula is C10H8O3S. The summed E-state index contributed by atoms with van der Waals surface area (Å²) in [6.45, 7) is 0. The Morgan fingerprint density at radius 3 is 2.86 bits per heavy atom. The third kappa shape index (κ3) is 1.48. The monoisotopic (exact) mass is 208 g/mol. The van der Waals surface area contributed by atoms with Crippen molar-refractivity contribution in [2.75, 3.05) is 0 Å². The van der Waals surface area contributed by atoms with Crippen LogP contribution >= 0.6 is 12.6 Å². The molecule has 4 heteroatoms. The number of hydrogen-bond acceptors (Lipinski definition) is 4. The van der Waals surface area contributed by atoms with E-state index in [4.69, 9.17) is 4.42 Å². The molecule has 0 aliphatic carbocycles. The quantitative estimate of drug-likeness (QED) is 0.556. The van der Waals surface area contributed by atoms with Crippen LogP contribution < -0.4 is 5.63 Å². The Morgan fingerprint density at radius 1 is 1.36 bits per heavy atom. The van der Waals surface area contributed by atoms with Crippen molar-refractivity contribution in [3.05, 3.63) is 40.2 Å². The number of phenolic OH excluding ortho intramolecular Hbond substituents is 1. The minimum Gasteiger partial charge on any atom is -0.508 e. The second-order valence-electron chi connectivity index (χ2n) is 2.93. The van der Waals surface area contributed by atoms with Gasteiger partial charge in [-0.1, -0.05) is 0 Å². The lowest BCUT2D eigenvalue weighted by molar-refractivity contribution is 0.473. The average molecular weight is 208 g/mol. The van der Waals surface area contributed by atoms with Gasteiger partial charge in [0.2, 0.25) is 0 Å². The van der Waals surface area contributed by atoms with Gasteiger partial charge in [-0.25, -0.2) is 4.79 Å². The van der Waals surface area contributed by atoms with Gasteiger partial charge in [0.25, 0.3) is 0 Å². The molecule has 0 radical (unpaired) electrons. The van der Waals surface area contributed by atoms with Gasteiger partial charge in [0.15, 0.2) is 0 Å². The molecule has 1 heterocycles. The molecule has 1 aromatic heterocycles. The highest BCUT2D eigenvalue weighted by atomic mass is 32.1. The molecule has 14 heavy (non-hydrogen) atoms. The van der Waals surface area contributed by atoms with E-state index >= 15 is 0 Å². The highest BCUT2D eigenvalue weighted by Gasteiger charge is 2.04. The summed E-state index contributed by atoms with van der Waals surface area (Å²) in [5.41, 5.74) is 0.772. The number of phenols is 1. The second kappa shape index (κ2) is 3.38. The van der Waals surface area contributed by atoms with Crippen molar-refractivity contribution in [2.24, 2.45) is 0 Å². The lowest BCUT2D eigenvalue weighted by Gasteiger charge is -2.01. The Kier molecular flexibility index (Phi) is 2.21. The molecule has 0 saturated heterocycles. The van der Waals surface area contributed by atoms with Gasteiger partial charge < -0.3 is 9.52 Å². The van der Waals surface area contributed by atoms with E-state index in [-0.39, 0.29) is 5.75 Å². The van der Waals surface area contributed by atoms with Gasteiger partial charge in [-0.2, -0.15) is 12.6 Å². The van der Waals surface area contributed by atoms with Crippen LogP contribution in [0.15, 0.2) is 33.5 Å². The Morgan fingerprint density at radius 2 is 2.14 bits per heavy atom. The first-order valence-electron chi connectivity index (χ1n) is 4.07. The molecule has 72 valence electrons. The molecule has 0 aliphatic heterocycles. The number of thiol groups is 1. The van der Waals surface area contributed by atoms with Crippen LogP contribution in [0.4, 0.5) is 0 Å². The molecule has 0 fully saturated rings. The van der Waals surface area contributed by atoms with E-state index in [0.29, 0.717) is 11.3 Å². The largest absolute Gasteiger partial charge is 0.508 e. The Bertz CT molecular complexity index is 530. The van der Waals surface area contributed by atoms with Crippen LogP contribution in [0, 0.1) is 0 Å². The van der Waals surface area contributed by atoms with Crippen molar-refractivity contribution in [3.63, 3.8) is 0 Å². The summed E-state index contributed by atoms with van der Waals surface area (Å²) in [6.07, 6.45) is 0. The molecule has 0 bridgehead atoms. The van der Waals surface area contributed by atoms with Gasteiger partial charge in [-0.15, -0.1) is 0 Å². The number of rotatable bonds is 1. The molecular weight excluding hydrogens is 200 g/mol. The SMILES string of the molecule is O=c1cc(CS)c2ccc(O)cc2o1. The highest BCUT2D eigenvalue weighted by molar-refractivity contribution is 7.79. The molecule has 1 N–H and O–H groups in total. The van der Waals surface area contributed by atoms with Gasteiger partial charge in [0, 0.05) is 23.3 Å². The molecule has 0 unspecified atom stereocenters. The van der Waals surface area contributed by atoms with Crippen molar-refractivity contribution >= 4 is 23.6 Å². The summed E-state index contributed by atoms with van der Waals surface area (Å²) in [7, 11) is 0. The van der Waals surface area contributed by atoms with Crippen LogP contribution in [-0.2, 0) is 5.75 Å². The molecule has 0 spiro atoms. The summed E-state index contributed by atoms with van der Waals surface area (Å²) < 4.78 is 4.94. The third-order valence-electron chi connectivity index (χ3n) is 1.98. The highest BCUT2D eigenvalue weighted by Crippen LogP contribution is 2.22. The Hall–Kier alpha value is -1.42. The lowest BCUT2D eigenvalue weighted by Crippen LogP contribution is -1.98. The van der Waals surface area contributed by atoms with Crippen LogP contribution in [0.5, 0.6) is 5.75 Å². The van der Waals surface area contributed by atoms with Gasteiger partial charge in [0.05, 0.1) is 0 Å². The zero-order chi connectivity index (χ0) is 10.1. The minimum absolute atomic E-state index is 0.0805. The van der Waals surface area contributed by atoms with Crippen LogP contribution in [0.3, 0.4) is 0 Å². The van der Waals surface area contributed by atoms with E-state index in [1.54, 1.807) is 12.1 Å². The van der Waals surface area contributed by atoms with Gasteiger partial charge in [-0.3, -0.25) is 0 Å². The van der Waals surface area contributed by atoms with E-state index in [0.717, 1.165) is 10.9 Å². The molecule has 2 rings (SSSR count). The topological polar surface area (TPSA) is 50.4 Å². The van der Waals surface area contributed by atoms with Crippen molar-refractivity contribution < 1.29 is 9.52 Å². The van der Waals surface area contributed by atoms with E-state index in [1.165, 1.54) is 12.1 Å². The smallest absolute Gasteiger partial charge is 0.336 e. The minimum atomic E-state index is -0.424. The first-order chi connectivity index (χ1) is 6.70. The third-order valence-corrected chi connectivity index (χ3v) is 2.32. The number of aromatic hydroxyl groups is 1. The molecule has 0 saturated carbocycles. The van der Waals surface area contributed by atoms with E-state index in [1.807, 2.05) is 0 Å². The van der Waals surface area contributed by atoms with E-state index in [9.17, 15) is 9.90 Å². The number of hydrogen-bond donors (Lipinski definition) is 2. The summed E-state index contributed by atoms with van der Waals surface area (Å²) in [5.74, 6) is 0.546. The maximum atomic E-state index is 11.1. The van der Waals surface area contributed by atoms with Crippen LogP contribution in [0.1, 0.15) is 5.56 Å². The standard InChI is InChI=1S/C10H8O3S/c11-7-1-2-8-6(5-14)3-10(12)13-9(8)4-7/h1-4,11,14H,5H2. The molecule has 0 amide bonds. The maximum Gasteiger partial charge on any atom is 0.336 e. The van der Waals surface area contributed by atoms with Crippen molar-refractivity contribution in [1.29, 1.82) is 0 Å². The molecule has 3 nitrogen and oxygen atoms in total. The van der Waals surface area contributed by atoms with Crippen LogP contribution in [-0.4, -0.2) is 5.11 Å². The van der Waals surface area contributed by atoms with Gasteiger partial charge in [0.1, 0.15) is 11.3 Å². The first kappa shape index (κ1) is 9.15. The summed E-state index contributed by atoms with van der Waals surface area (Å²) >= 11 is 4.12. The van der Waals surface area contributed by atoms with E-state index in [2.05, 4.69) is 12.6 Å². The fourth-order valence-corrected chi connectivity index (χ4v) is 1.61. The number of benzene rings is 1.